The van der Waals surface area contributed by atoms with Gasteiger partial charge in [-0.05, 0) is 32.4 Å². The maximum absolute atomic E-state index is 4.55. The number of hydrogen-bond acceptors (Lipinski definition) is 5. The minimum Gasteiger partial charge on any atom is -0.311 e. The summed E-state index contributed by atoms with van der Waals surface area (Å²) in [6, 6.07) is 0. The zero-order valence-electron chi connectivity index (χ0n) is 11.3. The molecule has 0 aliphatic carbocycles. The smallest absolute Gasteiger partial charge is 0.233 e. The standard InChI is InChI=1S/C12H19N5S/c1-5-10-8(3)16-17(9(10)4)12-15-14-11(18-12)7-13-6-2/h13H,5-7H2,1-4H3. The van der Waals surface area contributed by atoms with Gasteiger partial charge < -0.3 is 5.32 Å². The van der Waals surface area contributed by atoms with Crippen molar-refractivity contribution in [3.05, 3.63) is 22.0 Å². The summed E-state index contributed by atoms with van der Waals surface area (Å²) >= 11 is 1.59. The Morgan fingerprint density at radius 2 is 2.00 bits per heavy atom. The van der Waals surface area contributed by atoms with Crippen LogP contribution in [-0.2, 0) is 13.0 Å². The van der Waals surface area contributed by atoms with E-state index in [0.29, 0.717) is 0 Å². The molecular weight excluding hydrogens is 246 g/mol. The molecule has 0 unspecified atom stereocenters. The van der Waals surface area contributed by atoms with Crippen LogP contribution in [0, 0.1) is 13.8 Å². The van der Waals surface area contributed by atoms with Crippen LogP contribution in [0.1, 0.15) is 35.8 Å². The summed E-state index contributed by atoms with van der Waals surface area (Å²) < 4.78 is 1.90. The fraction of sp³-hybridized carbons (Fsp3) is 0.583. The average molecular weight is 265 g/mol. The molecule has 0 aromatic carbocycles. The summed E-state index contributed by atoms with van der Waals surface area (Å²) in [6.45, 7) is 10.1. The topological polar surface area (TPSA) is 55.6 Å². The molecule has 2 aromatic heterocycles. The Bertz CT molecular complexity index is 529. The molecule has 0 saturated heterocycles. The number of nitrogens with zero attached hydrogens (tertiary/aromatic N) is 4. The van der Waals surface area contributed by atoms with E-state index in [1.165, 1.54) is 11.3 Å². The van der Waals surface area contributed by atoms with E-state index in [1.807, 2.05) is 11.6 Å². The first-order chi connectivity index (χ1) is 8.67. The molecule has 2 aromatic rings. The molecule has 0 saturated carbocycles. The van der Waals surface area contributed by atoms with Gasteiger partial charge in [-0.15, -0.1) is 10.2 Å². The van der Waals surface area contributed by atoms with Gasteiger partial charge in [-0.25, -0.2) is 4.68 Å². The van der Waals surface area contributed by atoms with Crippen LogP contribution in [0.4, 0.5) is 0 Å². The van der Waals surface area contributed by atoms with Gasteiger partial charge in [-0.3, -0.25) is 0 Å². The van der Waals surface area contributed by atoms with Gasteiger partial charge in [0.2, 0.25) is 5.13 Å². The van der Waals surface area contributed by atoms with Gasteiger partial charge in [0, 0.05) is 12.2 Å². The highest BCUT2D eigenvalue weighted by atomic mass is 32.1. The fourth-order valence-electron chi connectivity index (χ4n) is 2.01. The van der Waals surface area contributed by atoms with Crippen molar-refractivity contribution in [3.8, 4) is 5.13 Å². The summed E-state index contributed by atoms with van der Waals surface area (Å²) in [4.78, 5) is 0. The number of hydrogen-bond donors (Lipinski definition) is 1. The summed E-state index contributed by atoms with van der Waals surface area (Å²) in [7, 11) is 0. The van der Waals surface area contributed by atoms with Gasteiger partial charge in [0.1, 0.15) is 5.01 Å². The highest BCUT2D eigenvalue weighted by Crippen LogP contribution is 2.20. The molecule has 1 N–H and O–H groups in total. The minimum atomic E-state index is 0.772. The predicted molar refractivity (Wildman–Crippen MR) is 73.3 cm³/mol. The zero-order chi connectivity index (χ0) is 13.1. The molecule has 18 heavy (non-hydrogen) atoms. The van der Waals surface area contributed by atoms with Gasteiger partial charge >= 0.3 is 0 Å². The van der Waals surface area contributed by atoms with Crippen LogP contribution in [-0.4, -0.2) is 26.5 Å². The summed E-state index contributed by atoms with van der Waals surface area (Å²) in [5.41, 5.74) is 3.55. The molecule has 0 amide bonds. The normalized spacial score (nSPS) is 11.1. The van der Waals surface area contributed by atoms with Crippen molar-refractivity contribution >= 4 is 11.3 Å². The van der Waals surface area contributed by atoms with E-state index < -0.39 is 0 Å². The molecule has 2 rings (SSSR count). The molecule has 0 aliphatic rings. The molecule has 0 radical (unpaired) electrons. The highest BCUT2D eigenvalue weighted by molar-refractivity contribution is 7.13. The lowest BCUT2D eigenvalue weighted by Crippen LogP contribution is -2.11. The Kier molecular flexibility index (Phi) is 4.08. The van der Waals surface area contributed by atoms with E-state index in [1.54, 1.807) is 11.3 Å². The van der Waals surface area contributed by atoms with Gasteiger partial charge in [0.25, 0.3) is 0 Å². The van der Waals surface area contributed by atoms with Crippen LogP contribution in [0.25, 0.3) is 5.13 Å². The first-order valence-corrected chi connectivity index (χ1v) is 7.07. The SMILES string of the molecule is CCNCc1nnc(-n2nc(C)c(CC)c2C)s1. The Labute approximate surface area is 111 Å². The largest absolute Gasteiger partial charge is 0.311 e. The van der Waals surface area contributed by atoms with Crippen LogP contribution in [0.2, 0.25) is 0 Å². The van der Waals surface area contributed by atoms with E-state index in [0.717, 1.165) is 35.3 Å². The van der Waals surface area contributed by atoms with Gasteiger partial charge in [-0.1, -0.05) is 25.2 Å². The number of aryl methyl sites for hydroxylation is 1. The minimum absolute atomic E-state index is 0.772. The van der Waals surface area contributed by atoms with Crippen LogP contribution in [0.15, 0.2) is 0 Å². The molecule has 0 bridgehead atoms. The van der Waals surface area contributed by atoms with E-state index in [9.17, 15) is 0 Å². The zero-order valence-corrected chi connectivity index (χ0v) is 12.1. The van der Waals surface area contributed by atoms with Crippen molar-refractivity contribution in [1.29, 1.82) is 0 Å². The van der Waals surface area contributed by atoms with Crippen molar-refractivity contribution in [2.45, 2.75) is 40.7 Å². The molecule has 0 spiro atoms. The molecule has 2 heterocycles. The van der Waals surface area contributed by atoms with Gasteiger partial charge in [-0.2, -0.15) is 5.10 Å². The molecule has 0 atom stereocenters. The monoisotopic (exact) mass is 265 g/mol. The van der Waals surface area contributed by atoms with E-state index in [2.05, 4.69) is 41.4 Å². The predicted octanol–water partition coefficient (Wildman–Crippen LogP) is 2.01. The van der Waals surface area contributed by atoms with Gasteiger partial charge in [0.15, 0.2) is 0 Å². The molecule has 0 fully saturated rings. The maximum atomic E-state index is 4.55. The second-order valence-electron chi connectivity index (χ2n) is 4.17. The Balaban J connectivity index is 2.28. The lowest BCUT2D eigenvalue weighted by atomic mass is 10.1. The second kappa shape index (κ2) is 5.58. The molecular formula is C12H19N5S. The molecule has 98 valence electrons. The molecule has 5 nitrogen and oxygen atoms in total. The van der Waals surface area contributed by atoms with Crippen LogP contribution < -0.4 is 5.32 Å². The van der Waals surface area contributed by atoms with Crippen LogP contribution >= 0.6 is 11.3 Å². The summed E-state index contributed by atoms with van der Waals surface area (Å²) in [5, 5.41) is 18.0. The van der Waals surface area contributed by atoms with Crippen LogP contribution in [0.3, 0.4) is 0 Å². The summed E-state index contributed by atoms with van der Waals surface area (Å²) in [5.74, 6) is 0. The Hall–Kier alpha value is -1.27. The number of rotatable bonds is 5. The van der Waals surface area contributed by atoms with Gasteiger partial charge in [0.05, 0.1) is 5.69 Å². The third-order valence-electron chi connectivity index (χ3n) is 2.96. The lowest BCUT2D eigenvalue weighted by Gasteiger charge is -1.98. The molecule has 6 heteroatoms. The number of aromatic nitrogens is 4. The van der Waals surface area contributed by atoms with E-state index >= 15 is 0 Å². The number of nitrogens with one attached hydrogen (secondary N) is 1. The van der Waals surface area contributed by atoms with E-state index in [-0.39, 0.29) is 0 Å². The van der Waals surface area contributed by atoms with Crippen molar-refractivity contribution in [3.63, 3.8) is 0 Å². The second-order valence-corrected chi connectivity index (χ2v) is 5.21. The third-order valence-corrected chi connectivity index (χ3v) is 3.86. The third kappa shape index (κ3) is 2.44. The maximum Gasteiger partial charge on any atom is 0.233 e. The van der Waals surface area contributed by atoms with Crippen molar-refractivity contribution < 1.29 is 0 Å². The van der Waals surface area contributed by atoms with Crippen molar-refractivity contribution in [2.75, 3.05) is 6.54 Å². The quantitative estimate of drug-likeness (QED) is 0.898. The summed E-state index contributed by atoms with van der Waals surface area (Å²) in [6.07, 6.45) is 1.00. The fourth-order valence-corrected chi connectivity index (χ4v) is 2.82. The van der Waals surface area contributed by atoms with Crippen molar-refractivity contribution in [1.82, 2.24) is 25.3 Å². The average Bonchev–Trinajstić information content (AvgIpc) is 2.92. The Morgan fingerprint density at radius 1 is 1.22 bits per heavy atom. The van der Waals surface area contributed by atoms with E-state index in [4.69, 9.17) is 0 Å². The first-order valence-electron chi connectivity index (χ1n) is 6.25. The highest BCUT2D eigenvalue weighted by Gasteiger charge is 2.14. The van der Waals surface area contributed by atoms with Crippen molar-refractivity contribution in [2.24, 2.45) is 0 Å². The lowest BCUT2D eigenvalue weighted by molar-refractivity contribution is 0.713. The van der Waals surface area contributed by atoms with Crippen LogP contribution in [0.5, 0.6) is 0 Å². The molecule has 0 aliphatic heterocycles. The first kappa shape index (κ1) is 13.2. The Morgan fingerprint density at radius 3 is 2.61 bits per heavy atom.